The number of rotatable bonds is 3. The van der Waals surface area contributed by atoms with Gasteiger partial charge in [-0.2, -0.15) is 11.8 Å². The first-order chi connectivity index (χ1) is 12.8. The Balaban J connectivity index is 1.51. The molecular formula is C20H25N3O2S. The van der Waals surface area contributed by atoms with E-state index >= 15 is 0 Å². The molecule has 0 bridgehead atoms. The summed E-state index contributed by atoms with van der Waals surface area (Å²) in [7, 11) is 1.59. The number of carbonyl (C=O) groups is 1. The zero-order valence-corrected chi connectivity index (χ0v) is 16.0. The van der Waals surface area contributed by atoms with E-state index in [1.807, 2.05) is 29.2 Å². The highest BCUT2D eigenvalue weighted by Gasteiger charge is 2.28. The number of hydrogen-bond donors (Lipinski definition) is 0. The van der Waals surface area contributed by atoms with Crippen LogP contribution in [-0.4, -0.2) is 71.5 Å². The van der Waals surface area contributed by atoms with Crippen LogP contribution in [0.2, 0.25) is 0 Å². The Bertz CT molecular complexity index is 784. The average molecular weight is 372 g/mol. The normalized spacial score (nSPS) is 19.7. The van der Waals surface area contributed by atoms with Gasteiger partial charge in [-0.1, -0.05) is 18.2 Å². The lowest BCUT2D eigenvalue weighted by atomic mass is 10.1. The third-order valence-electron chi connectivity index (χ3n) is 5.44. The molecule has 5 nitrogen and oxygen atoms in total. The van der Waals surface area contributed by atoms with Crippen LogP contribution in [0.3, 0.4) is 0 Å². The molecule has 26 heavy (non-hydrogen) atoms. The van der Waals surface area contributed by atoms with E-state index < -0.39 is 0 Å². The van der Waals surface area contributed by atoms with Gasteiger partial charge in [-0.25, -0.2) is 4.98 Å². The summed E-state index contributed by atoms with van der Waals surface area (Å²) in [6, 6.07) is 10.3. The fourth-order valence-corrected chi connectivity index (χ4v) is 5.03. The molecule has 1 amide bonds. The second kappa shape index (κ2) is 7.84. The molecular weight excluding hydrogens is 346 g/mol. The number of pyridine rings is 1. The number of hydrogen-bond acceptors (Lipinski definition) is 5. The quantitative estimate of drug-likeness (QED) is 0.830. The number of nitrogens with zero attached hydrogens (tertiary/aromatic N) is 3. The van der Waals surface area contributed by atoms with Crippen molar-refractivity contribution >= 4 is 28.6 Å². The van der Waals surface area contributed by atoms with E-state index in [-0.39, 0.29) is 5.91 Å². The largest absolute Gasteiger partial charge is 0.481 e. The lowest BCUT2D eigenvalue weighted by Gasteiger charge is -2.40. The fraction of sp³-hybridized carbons (Fsp3) is 0.500. The summed E-state index contributed by atoms with van der Waals surface area (Å²) in [5, 5.41) is 0.894. The van der Waals surface area contributed by atoms with Gasteiger partial charge >= 0.3 is 0 Å². The van der Waals surface area contributed by atoms with E-state index in [0.29, 0.717) is 17.5 Å². The van der Waals surface area contributed by atoms with E-state index in [0.717, 1.165) is 37.1 Å². The third kappa shape index (κ3) is 3.53. The third-order valence-corrected chi connectivity index (χ3v) is 6.49. The second-order valence-corrected chi connectivity index (χ2v) is 8.13. The first kappa shape index (κ1) is 17.6. The van der Waals surface area contributed by atoms with Crippen LogP contribution < -0.4 is 4.74 Å². The van der Waals surface area contributed by atoms with Crippen LogP contribution in [-0.2, 0) is 0 Å². The second-order valence-electron chi connectivity index (χ2n) is 6.90. The Labute approximate surface area is 158 Å². The first-order valence-electron chi connectivity index (χ1n) is 9.31. The molecule has 6 heteroatoms. The number of benzene rings is 1. The summed E-state index contributed by atoms with van der Waals surface area (Å²) in [5.74, 6) is 3.12. The van der Waals surface area contributed by atoms with Gasteiger partial charge in [-0.05, 0) is 30.4 Å². The number of amides is 1. The molecule has 0 N–H and O–H groups in total. The molecule has 0 radical (unpaired) electrons. The van der Waals surface area contributed by atoms with Crippen LogP contribution in [0.1, 0.15) is 23.2 Å². The van der Waals surface area contributed by atoms with Crippen molar-refractivity contribution in [1.82, 2.24) is 14.8 Å². The van der Waals surface area contributed by atoms with Gasteiger partial charge < -0.3 is 9.64 Å². The number of para-hydroxylation sites is 1. The predicted molar refractivity (Wildman–Crippen MR) is 106 cm³/mol. The maximum absolute atomic E-state index is 13.2. The summed E-state index contributed by atoms with van der Waals surface area (Å²) in [5.41, 5.74) is 1.49. The van der Waals surface area contributed by atoms with Gasteiger partial charge in [0.25, 0.3) is 5.91 Å². The Kier molecular flexibility index (Phi) is 5.31. The van der Waals surface area contributed by atoms with Crippen molar-refractivity contribution in [3.63, 3.8) is 0 Å². The van der Waals surface area contributed by atoms with Crippen molar-refractivity contribution in [2.75, 3.05) is 44.8 Å². The monoisotopic (exact) mass is 371 g/mol. The minimum Gasteiger partial charge on any atom is -0.481 e. The molecule has 2 fully saturated rings. The predicted octanol–water partition coefficient (Wildman–Crippen LogP) is 2.90. The van der Waals surface area contributed by atoms with Crippen molar-refractivity contribution in [1.29, 1.82) is 0 Å². The lowest BCUT2D eigenvalue weighted by Crippen LogP contribution is -2.52. The number of aromatic nitrogens is 1. The molecule has 2 aliphatic heterocycles. The smallest absolute Gasteiger partial charge is 0.254 e. The van der Waals surface area contributed by atoms with Gasteiger partial charge in [0.2, 0.25) is 5.88 Å². The minimum atomic E-state index is 0.0840. The van der Waals surface area contributed by atoms with Crippen LogP contribution in [0.5, 0.6) is 5.88 Å². The van der Waals surface area contributed by atoms with Crippen LogP contribution >= 0.6 is 11.8 Å². The minimum absolute atomic E-state index is 0.0840. The van der Waals surface area contributed by atoms with E-state index in [9.17, 15) is 4.79 Å². The molecule has 2 aromatic rings. The number of fused-ring (bicyclic) bond motifs is 1. The molecule has 4 rings (SSSR count). The van der Waals surface area contributed by atoms with E-state index in [1.54, 1.807) is 13.2 Å². The maximum Gasteiger partial charge on any atom is 0.254 e. The van der Waals surface area contributed by atoms with Gasteiger partial charge in [-0.3, -0.25) is 9.69 Å². The fourth-order valence-electron chi connectivity index (χ4n) is 3.94. The molecule has 2 saturated heterocycles. The molecule has 2 aliphatic rings. The van der Waals surface area contributed by atoms with Crippen LogP contribution in [0, 0.1) is 0 Å². The van der Waals surface area contributed by atoms with Gasteiger partial charge in [-0.15, -0.1) is 0 Å². The Morgan fingerprint density at radius 2 is 1.88 bits per heavy atom. The van der Waals surface area contributed by atoms with Crippen LogP contribution in [0.15, 0.2) is 30.3 Å². The standard InChI is InChI=1S/C20H25N3O2S/c1-25-19-14-17(16-4-2-3-5-18(16)21-19)20(24)23-10-8-22(9-11-23)15-6-12-26-13-7-15/h2-5,14-15H,6-13H2,1H3. The number of thioether (sulfide) groups is 1. The van der Waals surface area contributed by atoms with Gasteiger partial charge in [0.1, 0.15) is 0 Å². The Morgan fingerprint density at radius 3 is 2.62 bits per heavy atom. The van der Waals surface area contributed by atoms with E-state index in [1.165, 1.54) is 24.3 Å². The highest BCUT2D eigenvalue weighted by molar-refractivity contribution is 7.99. The zero-order chi connectivity index (χ0) is 17.9. The zero-order valence-electron chi connectivity index (χ0n) is 15.2. The molecule has 1 aromatic heterocycles. The number of piperazine rings is 1. The summed E-state index contributed by atoms with van der Waals surface area (Å²) < 4.78 is 5.30. The number of ether oxygens (including phenoxy) is 1. The molecule has 0 saturated carbocycles. The van der Waals surface area contributed by atoms with Crippen LogP contribution in [0.4, 0.5) is 0 Å². The lowest BCUT2D eigenvalue weighted by molar-refractivity contribution is 0.0560. The molecule has 0 unspecified atom stereocenters. The van der Waals surface area contributed by atoms with E-state index in [4.69, 9.17) is 4.74 Å². The average Bonchev–Trinajstić information content (AvgIpc) is 2.73. The summed E-state index contributed by atoms with van der Waals surface area (Å²) in [6.45, 7) is 3.53. The molecule has 138 valence electrons. The topological polar surface area (TPSA) is 45.7 Å². The molecule has 0 spiro atoms. The molecule has 0 aliphatic carbocycles. The van der Waals surface area contributed by atoms with Gasteiger partial charge in [0.05, 0.1) is 18.2 Å². The summed E-state index contributed by atoms with van der Waals surface area (Å²) >= 11 is 2.06. The molecule has 3 heterocycles. The van der Waals surface area contributed by atoms with Crippen molar-refractivity contribution in [3.8, 4) is 5.88 Å². The van der Waals surface area contributed by atoms with Gasteiger partial charge in [0.15, 0.2) is 0 Å². The van der Waals surface area contributed by atoms with Gasteiger partial charge in [0, 0.05) is 43.7 Å². The summed E-state index contributed by atoms with van der Waals surface area (Å²) in [6.07, 6.45) is 2.57. The highest BCUT2D eigenvalue weighted by Crippen LogP contribution is 2.25. The van der Waals surface area contributed by atoms with Crippen molar-refractivity contribution in [2.45, 2.75) is 18.9 Å². The maximum atomic E-state index is 13.2. The van der Waals surface area contributed by atoms with Crippen LogP contribution in [0.25, 0.3) is 10.9 Å². The first-order valence-corrected chi connectivity index (χ1v) is 10.5. The summed E-state index contributed by atoms with van der Waals surface area (Å²) in [4.78, 5) is 22.2. The SMILES string of the molecule is COc1cc(C(=O)N2CCN(C3CCSCC3)CC2)c2ccccc2n1. The Hall–Kier alpha value is -1.79. The van der Waals surface area contributed by atoms with Crippen molar-refractivity contribution < 1.29 is 9.53 Å². The Morgan fingerprint density at radius 1 is 1.15 bits per heavy atom. The van der Waals surface area contributed by atoms with Crippen molar-refractivity contribution in [2.24, 2.45) is 0 Å². The highest BCUT2D eigenvalue weighted by atomic mass is 32.2. The number of carbonyl (C=O) groups excluding carboxylic acids is 1. The molecule has 1 aromatic carbocycles. The molecule has 0 atom stereocenters. The van der Waals surface area contributed by atoms with Crippen molar-refractivity contribution in [3.05, 3.63) is 35.9 Å². The van der Waals surface area contributed by atoms with E-state index in [2.05, 4.69) is 21.6 Å². The number of methoxy groups -OCH3 is 1.